The fraction of sp³-hybridized carbons (Fsp3) is 0.769. The van der Waals surface area contributed by atoms with Gasteiger partial charge in [-0.3, -0.25) is 0 Å². The van der Waals surface area contributed by atoms with E-state index in [2.05, 4.69) is 33.7 Å². The van der Waals surface area contributed by atoms with Gasteiger partial charge >= 0.3 is 0 Å². The first-order chi connectivity index (χ1) is 9.61. The van der Waals surface area contributed by atoms with Gasteiger partial charge in [0.15, 0.2) is 0 Å². The summed E-state index contributed by atoms with van der Waals surface area (Å²) in [4.78, 5) is 17.2. The van der Waals surface area contributed by atoms with E-state index < -0.39 is 0 Å². The van der Waals surface area contributed by atoms with Gasteiger partial charge in [-0.2, -0.15) is 15.0 Å². The van der Waals surface area contributed by atoms with Crippen LogP contribution in [-0.2, 0) is 0 Å². The first-order valence-electron chi connectivity index (χ1n) is 7.16. The zero-order chi connectivity index (χ0) is 14.5. The molecular formula is C13H22ClN5O. The van der Waals surface area contributed by atoms with Gasteiger partial charge in [-0.15, -0.1) is 0 Å². The molecule has 1 saturated heterocycles. The van der Waals surface area contributed by atoms with Crippen molar-refractivity contribution < 1.29 is 5.11 Å². The number of aliphatic hydroxyl groups is 1. The summed E-state index contributed by atoms with van der Waals surface area (Å²) in [5.41, 5.74) is 0. The largest absolute Gasteiger partial charge is 0.396 e. The minimum Gasteiger partial charge on any atom is -0.396 e. The molecule has 0 aromatic carbocycles. The zero-order valence-corrected chi connectivity index (χ0v) is 12.8. The van der Waals surface area contributed by atoms with Gasteiger partial charge in [0.1, 0.15) is 0 Å². The molecule has 0 unspecified atom stereocenters. The van der Waals surface area contributed by atoms with Crippen LogP contribution in [-0.4, -0.2) is 52.3 Å². The lowest BCUT2D eigenvalue weighted by atomic mass is 10.3. The molecule has 1 aromatic rings. The van der Waals surface area contributed by atoms with Crippen LogP contribution >= 0.6 is 11.6 Å². The number of hydrogen-bond donors (Lipinski definition) is 1. The predicted octanol–water partition coefficient (Wildman–Crippen LogP) is 1.72. The Kier molecular flexibility index (Phi) is 5.37. The molecule has 20 heavy (non-hydrogen) atoms. The van der Waals surface area contributed by atoms with Gasteiger partial charge < -0.3 is 14.9 Å². The lowest BCUT2D eigenvalue weighted by Crippen LogP contribution is -2.34. The molecule has 1 aliphatic heterocycles. The second-order valence-electron chi connectivity index (χ2n) is 5.26. The summed E-state index contributed by atoms with van der Waals surface area (Å²) in [7, 11) is 0. The second kappa shape index (κ2) is 7.04. The van der Waals surface area contributed by atoms with Crippen LogP contribution in [0.25, 0.3) is 0 Å². The maximum absolute atomic E-state index is 9.01. The molecule has 2 rings (SSSR count). The highest BCUT2D eigenvalue weighted by Crippen LogP contribution is 2.21. The molecule has 0 atom stereocenters. The van der Waals surface area contributed by atoms with Crippen molar-refractivity contribution in [3.63, 3.8) is 0 Å². The summed E-state index contributed by atoms with van der Waals surface area (Å²) in [5.74, 6) is 1.25. The van der Waals surface area contributed by atoms with Crippen molar-refractivity contribution in [1.82, 2.24) is 15.0 Å². The van der Waals surface area contributed by atoms with Crippen molar-refractivity contribution in [2.45, 2.75) is 39.2 Å². The molecule has 2 heterocycles. The SMILES string of the molecule is CC(C)N(CCCO)c1nc(Cl)nc(N2CCCC2)n1. The van der Waals surface area contributed by atoms with E-state index in [1.54, 1.807) is 0 Å². The Balaban J connectivity index is 2.24. The Labute approximate surface area is 124 Å². The van der Waals surface area contributed by atoms with Crippen LogP contribution in [0.1, 0.15) is 33.1 Å². The molecular weight excluding hydrogens is 278 g/mol. The minimum absolute atomic E-state index is 0.154. The van der Waals surface area contributed by atoms with Crippen LogP contribution in [0.4, 0.5) is 11.9 Å². The summed E-state index contributed by atoms with van der Waals surface area (Å²) in [6, 6.07) is 0.242. The predicted molar refractivity (Wildman–Crippen MR) is 80.5 cm³/mol. The summed E-state index contributed by atoms with van der Waals surface area (Å²) in [6.45, 7) is 6.94. The van der Waals surface area contributed by atoms with Gasteiger partial charge in [-0.25, -0.2) is 0 Å². The van der Waals surface area contributed by atoms with Gasteiger partial charge in [0.2, 0.25) is 17.2 Å². The molecule has 0 bridgehead atoms. The standard InChI is InChI=1S/C13H22ClN5O/c1-10(2)19(8-5-9-20)13-16-11(14)15-12(17-13)18-6-3-4-7-18/h10,20H,3-9H2,1-2H3. The molecule has 6 nitrogen and oxygen atoms in total. The van der Waals surface area contributed by atoms with Crippen molar-refractivity contribution in [2.75, 3.05) is 36.0 Å². The Morgan fingerprint density at radius 1 is 1.25 bits per heavy atom. The first-order valence-corrected chi connectivity index (χ1v) is 7.53. The topological polar surface area (TPSA) is 65.4 Å². The highest BCUT2D eigenvalue weighted by atomic mass is 35.5. The first kappa shape index (κ1) is 15.3. The fourth-order valence-electron chi connectivity index (χ4n) is 2.35. The van der Waals surface area contributed by atoms with Crippen molar-refractivity contribution in [2.24, 2.45) is 0 Å². The number of hydrogen-bond acceptors (Lipinski definition) is 6. The highest BCUT2D eigenvalue weighted by Gasteiger charge is 2.20. The molecule has 0 radical (unpaired) electrons. The summed E-state index contributed by atoms with van der Waals surface area (Å²) >= 11 is 6.05. The number of anilines is 2. The molecule has 0 saturated carbocycles. The third-order valence-electron chi connectivity index (χ3n) is 3.41. The van der Waals surface area contributed by atoms with Crippen LogP contribution < -0.4 is 9.80 Å². The van der Waals surface area contributed by atoms with E-state index in [0.29, 0.717) is 24.9 Å². The Morgan fingerprint density at radius 3 is 2.55 bits per heavy atom. The maximum atomic E-state index is 9.01. The van der Waals surface area contributed by atoms with E-state index in [9.17, 15) is 0 Å². The molecule has 0 amide bonds. The lowest BCUT2D eigenvalue weighted by Gasteiger charge is -2.27. The lowest BCUT2D eigenvalue weighted by molar-refractivity contribution is 0.288. The van der Waals surface area contributed by atoms with Crippen molar-refractivity contribution in [3.8, 4) is 0 Å². The fourth-order valence-corrected chi connectivity index (χ4v) is 2.50. The number of aromatic nitrogens is 3. The number of nitrogens with zero attached hydrogens (tertiary/aromatic N) is 5. The molecule has 0 aliphatic carbocycles. The molecule has 0 spiro atoms. The quantitative estimate of drug-likeness (QED) is 0.863. The molecule has 1 N–H and O–H groups in total. The third kappa shape index (κ3) is 3.70. The number of aliphatic hydroxyl groups excluding tert-OH is 1. The van der Waals surface area contributed by atoms with Crippen molar-refractivity contribution in [3.05, 3.63) is 5.28 Å². The Bertz CT molecular complexity index is 437. The smallest absolute Gasteiger partial charge is 0.231 e. The van der Waals surface area contributed by atoms with Crippen LogP contribution in [0.15, 0.2) is 0 Å². The maximum Gasteiger partial charge on any atom is 0.231 e. The van der Waals surface area contributed by atoms with E-state index in [4.69, 9.17) is 16.7 Å². The zero-order valence-electron chi connectivity index (χ0n) is 12.1. The van der Waals surface area contributed by atoms with E-state index in [-0.39, 0.29) is 17.9 Å². The summed E-state index contributed by atoms with van der Waals surface area (Å²) in [5, 5.41) is 9.24. The van der Waals surface area contributed by atoms with Crippen LogP contribution in [0.5, 0.6) is 0 Å². The molecule has 7 heteroatoms. The summed E-state index contributed by atoms with van der Waals surface area (Å²) < 4.78 is 0. The van der Waals surface area contributed by atoms with Gasteiger partial charge in [-0.1, -0.05) is 0 Å². The summed E-state index contributed by atoms with van der Waals surface area (Å²) in [6.07, 6.45) is 3.01. The highest BCUT2D eigenvalue weighted by molar-refractivity contribution is 6.28. The van der Waals surface area contributed by atoms with Gasteiger partial charge in [0.05, 0.1) is 0 Å². The third-order valence-corrected chi connectivity index (χ3v) is 3.58. The molecule has 1 fully saturated rings. The molecule has 1 aliphatic rings. The van der Waals surface area contributed by atoms with Gasteiger partial charge in [0.25, 0.3) is 0 Å². The van der Waals surface area contributed by atoms with E-state index in [1.165, 1.54) is 0 Å². The van der Waals surface area contributed by atoms with Crippen LogP contribution in [0, 0.1) is 0 Å². The molecule has 1 aromatic heterocycles. The average molecular weight is 300 g/mol. The Hall–Kier alpha value is -1.14. The van der Waals surface area contributed by atoms with Gasteiger partial charge in [0, 0.05) is 32.3 Å². The van der Waals surface area contributed by atoms with E-state index >= 15 is 0 Å². The van der Waals surface area contributed by atoms with Gasteiger partial charge in [-0.05, 0) is 44.7 Å². The normalized spacial score (nSPS) is 15.2. The van der Waals surface area contributed by atoms with Crippen LogP contribution in [0.3, 0.4) is 0 Å². The van der Waals surface area contributed by atoms with Crippen molar-refractivity contribution in [1.29, 1.82) is 0 Å². The van der Waals surface area contributed by atoms with E-state index in [0.717, 1.165) is 25.9 Å². The number of halogens is 1. The van der Waals surface area contributed by atoms with Crippen molar-refractivity contribution >= 4 is 23.5 Å². The minimum atomic E-state index is 0.154. The van der Waals surface area contributed by atoms with E-state index in [1.807, 2.05) is 4.90 Å². The van der Waals surface area contributed by atoms with Crippen LogP contribution in [0.2, 0.25) is 5.28 Å². The Morgan fingerprint density at radius 2 is 1.95 bits per heavy atom. The second-order valence-corrected chi connectivity index (χ2v) is 5.60. The number of rotatable bonds is 6. The molecule has 112 valence electrons. The average Bonchev–Trinajstić information content (AvgIpc) is 2.92. The monoisotopic (exact) mass is 299 g/mol.